The average Bonchev–Trinajstić information content (AvgIpc) is 2.88. The van der Waals surface area contributed by atoms with Crippen LogP contribution in [0.25, 0.3) is 11.1 Å². The second-order valence-corrected chi connectivity index (χ2v) is 8.21. The highest BCUT2D eigenvalue weighted by Gasteiger charge is 2.30. The van der Waals surface area contributed by atoms with Crippen molar-refractivity contribution in [1.82, 2.24) is 15.2 Å². The summed E-state index contributed by atoms with van der Waals surface area (Å²) < 4.78 is 49.9. The van der Waals surface area contributed by atoms with Crippen molar-refractivity contribution >= 4 is 6.03 Å². The molecule has 0 bridgehead atoms. The van der Waals surface area contributed by atoms with E-state index in [0.717, 1.165) is 55.7 Å². The van der Waals surface area contributed by atoms with Gasteiger partial charge in [0.1, 0.15) is 11.5 Å². The van der Waals surface area contributed by atoms with Gasteiger partial charge in [0, 0.05) is 37.5 Å². The zero-order valence-corrected chi connectivity index (χ0v) is 19.3. The lowest BCUT2D eigenvalue weighted by Crippen LogP contribution is -2.42. The third kappa shape index (κ3) is 6.03. The molecule has 2 heterocycles. The Morgan fingerprint density at radius 3 is 2.40 bits per heavy atom. The van der Waals surface area contributed by atoms with Gasteiger partial charge in [-0.3, -0.25) is 0 Å². The second-order valence-electron chi connectivity index (χ2n) is 8.21. The first-order valence-electron chi connectivity index (χ1n) is 11.4. The van der Waals surface area contributed by atoms with Crippen LogP contribution >= 0.6 is 0 Å². The molecule has 184 valence electrons. The first-order valence-corrected chi connectivity index (χ1v) is 11.4. The minimum absolute atomic E-state index is 0.0299. The van der Waals surface area contributed by atoms with E-state index < -0.39 is 11.7 Å². The number of rotatable bonds is 6. The van der Waals surface area contributed by atoms with E-state index in [0.29, 0.717) is 17.1 Å². The first kappa shape index (κ1) is 24.4. The van der Waals surface area contributed by atoms with Gasteiger partial charge >= 0.3 is 12.2 Å². The number of hydrogen-bond acceptors (Lipinski definition) is 4. The van der Waals surface area contributed by atoms with Crippen molar-refractivity contribution in [3.8, 4) is 28.5 Å². The Morgan fingerprint density at radius 1 is 1.03 bits per heavy atom. The molecule has 0 radical (unpaired) electrons. The van der Waals surface area contributed by atoms with Gasteiger partial charge in [-0.15, -0.1) is 0 Å². The van der Waals surface area contributed by atoms with Crippen LogP contribution < -0.4 is 14.8 Å². The lowest BCUT2D eigenvalue weighted by molar-refractivity contribution is -0.137. The Hall–Kier alpha value is -3.75. The number of nitrogens with one attached hydrogen (secondary N) is 1. The number of pyridine rings is 1. The molecule has 0 spiro atoms. The van der Waals surface area contributed by atoms with E-state index in [9.17, 15) is 18.0 Å². The third-order valence-electron chi connectivity index (χ3n) is 5.84. The smallest absolute Gasteiger partial charge is 0.417 e. The zero-order chi connectivity index (χ0) is 24.8. The molecule has 0 unspecified atom stereocenters. The maximum atomic E-state index is 12.9. The van der Waals surface area contributed by atoms with Crippen molar-refractivity contribution in [2.24, 2.45) is 0 Å². The Labute approximate surface area is 201 Å². The van der Waals surface area contributed by atoms with Gasteiger partial charge in [0.05, 0.1) is 12.7 Å². The fraction of sp³-hybridized carbons (Fsp3) is 0.308. The van der Waals surface area contributed by atoms with Gasteiger partial charge < -0.3 is 19.7 Å². The second kappa shape index (κ2) is 10.7. The van der Waals surface area contributed by atoms with Gasteiger partial charge in [0.2, 0.25) is 5.88 Å². The summed E-state index contributed by atoms with van der Waals surface area (Å²) in [6.07, 6.45) is -0.623. The summed E-state index contributed by atoms with van der Waals surface area (Å²) in [6, 6.07) is 14.7. The SMILES string of the molecule is COc1ccc(-c2c(CNC(=O)N3CCCCC3)cccc2Oc2ccc(C(F)(F)F)cn2)cc1. The van der Waals surface area contributed by atoms with Crippen molar-refractivity contribution < 1.29 is 27.4 Å². The molecule has 2 amide bonds. The molecule has 0 aliphatic carbocycles. The molecule has 4 rings (SSSR count). The summed E-state index contributed by atoms with van der Waals surface area (Å²) in [5.74, 6) is 1.12. The third-order valence-corrected chi connectivity index (χ3v) is 5.84. The number of hydrogen-bond donors (Lipinski definition) is 1. The molecule has 1 fully saturated rings. The molecule has 2 aromatic carbocycles. The Bertz CT molecular complexity index is 1140. The van der Waals surface area contributed by atoms with E-state index in [1.54, 1.807) is 31.4 Å². The number of carbonyl (C=O) groups excluding carboxylic acids is 1. The quantitative estimate of drug-likeness (QED) is 0.447. The Morgan fingerprint density at radius 2 is 1.77 bits per heavy atom. The average molecular weight is 486 g/mol. The summed E-state index contributed by atoms with van der Waals surface area (Å²) >= 11 is 0. The van der Waals surface area contributed by atoms with Crippen LogP contribution in [0.1, 0.15) is 30.4 Å². The lowest BCUT2D eigenvalue weighted by atomic mass is 9.98. The number of amides is 2. The van der Waals surface area contributed by atoms with Crippen LogP contribution in [0.2, 0.25) is 0 Å². The van der Waals surface area contributed by atoms with Crippen molar-refractivity contribution in [1.29, 1.82) is 0 Å². The normalized spacial score (nSPS) is 13.9. The van der Waals surface area contributed by atoms with Crippen molar-refractivity contribution in [3.63, 3.8) is 0 Å². The number of likely N-dealkylation sites (tertiary alicyclic amines) is 1. The fourth-order valence-corrected chi connectivity index (χ4v) is 3.99. The molecule has 35 heavy (non-hydrogen) atoms. The van der Waals surface area contributed by atoms with Gasteiger partial charge in [-0.25, -0.2) is 9.78 Å². The van der Waals surface area contributed by atoms with Gasteiger partial charge in [-0.2, -0.15) is 13.2 Å². The van der Waals surface area contributed by atoms with Crippen LogP contribution in [0.3, 0.4) is 0 Å². The van der Waals surface area contributed by atoms with Gasteiger partial charge in [0.25, 0.3) is 0 Å². The molecule has 0 atom stereocenters. The maximum absolute atomic E-state index is 12.9. The van der Waals surface area contributed by atoms with Crippen molar-refractivity contribution in [2.75, 3.05) is 20.2 Å². The number of carbonyl (C=O) groups is 1. The molecule has 1 aromatic heterocycles. The van der Waals surface area contributed by atoms with Crippen LogP contribution in [0.15, 0.2) is 60.8 Å². The number of alkyl halides is 3. The van der Waals surface area contributed by atoms with E-state index in [1.165, 1.54) is 6.07 Å². The highest BCUT2D eigenvalue weighted by atomic mass is 19.4. The van der Waals surface area contributed by atoms with Gasteiger partial charge in [0.15, 0.2) is 0 Å². The molecule has 3 aromatic rings. The van der Waals surface area contributed by atoms with Gasteiger partial charge in [-0.1, -0.05) is 24.3 Å². The topological polar surface area (TPSA) is 63.7 Å². The van der Waals surface area contributed by atoms with E-state index in [-0.39, 0.29) is 18.5 Å². The van der Waals surface area contributed by atoms with Crippen molar-refractivity contribution in [3.05, 3.63) is 71.9 Å². The van der Waals surface area contributed by atoms with Crippen LogP contribution in [-0.2, 0) is 12.7 Å². The van der Waals surface area contributed by atoms with E-state index in [1.807, 2.05) is 23.1 Å². The fourth-order valence-electron chi connectivity index (χ4n) is 3.99. The van der Waals surface area contributed by atoms with Crippen LogP contribution in [-0.4, -0.2) is 36.1 Å². The summed E-state index contributed by atoms with van der Waals surface area (Å²) in [6.45, 7) is 1.73. The molecular weight excluding hydrogens is 459 g/mol. The Kier molecular flexibility index (Phi) is 7.43. The maximum Gasteiger partial charge on any atom is 0.417 e. The van der Waals surface area contributed by atoms with Crippen LogP contribution in [0, 0.1) is 0 Å². The number of urea groups is 1. The predicted octanol–water partition coefficient (Wildman–Crippen LogP) is 6.26. The van der Waals surface area contributed by atoms with Crippen LogP contribution in [0.5, 0.6) is 17.4 Å². The summed E-state index contributed by atoms with van der Waals surface area (Å²) in [4.78, 5) is 18.3. The molecule has 1 N–H and O–H groups in total. The molecule has 0 saturated carbocycles. The van der Waals surface area contributed by atoms with E-state index >= 15 is 0 Å². The molecule has 9 heteroatoms. The van der Waals surface area contributed by atoms with E-state index in [4.69, 9.17) is 9.47 Å². The molecule has 1 aliphatic rings. The van der Waals surface area contributed by atoms with Crippen molar-refractivity contribution in [2.45, 2.75) is 32.0 Å². The number of methoxy groups -OCH3 is 1. The first-order chi connectivity index (χ1) is 16.8. The minimum atomic E-state index is -4.48. The highest BCUT2D eigenvalue weighted by molar-refractivity contribution is 5.77. The standard InChI is InChI=1S/C26H26F3N3O3/c1-34-21-11-8-18(9-12-21)24-19(16-31-25(33)32-14-3-2-4-15-32)6-5-7-22(24)35-23-13-10-20(17-30-23)26(27,28)29/h5-13,17H,2-4,14-16H2,1H3,(H,31,33). The predicted molar refractivity (Wildman–Crippen MR) is 125 cm³/mol. The molecular formula is C26H26F3N3O3. The molecule has 6 nitrogen and oxygen atoms in total. The Balaban J connectivity index is 1.63. The minimum Gasteiger partial charge on any atom is -0.497 e. The van der Waals surface area contributed by atoms with E-state index in [2.05, 4.69) is 10.3 Å². The summed E-state index contributed by atoms with van der Waals surface area (Å²) in [5, 5.41) is 2.98. The summed E-state index contributed by atoms with van der Waals surface area (Å²) in [5.41, 5.74) is 1.45. The highest BCUT2D eigenvalue weighted by Crippen LogP contribution is 2.37. The number of piperidine rings is 1. The molecule has 1 saturated heterocycles. The zero-order valence-electron chi connectivity index (χ0n) is 19.3. The number of halogens is 3. The van der Waals surface area contributed by atoms with Crippen LogP contribution in [0.4, 0.5) is 18.0 Å². The largest absolute Gasteiger partial charge is 0.497 e. The number of ether oxygens (including phenoxy) is 2. The number of aromatic nitrogens is 1. The number of nitrogens with zero attached hydrogens (tertiary/aromatic N) is 2. The lowest BCUT2D eigenvalue weighted by Gasteiger charge is -2.27. The number of benzene rings is 2. The molecule has 1 aliphatic heterocycles. The van der Waals surface area contributed by atoms with Gasteiger partial charge in [-0.05, 0) is 54.7 Å². The summed E-state index contributed by atoms with van der Waals surface area (Å²) in [7, 11) is 1.57. The monoisotopic (exact) mass is 485 g/mol.